The Balaban J connectivity index is 1.60. The number of piperidine rings is 1. The molecule has 3 heterocycles. The van der Waals surface area contributed by atoms with Crippen molar-refractivity contribution < 1.29 is 24.3 Å². The fourth-order valence-electron chi connectivity index (χ4n) is 3.16. The zero-order valence-electron chi connectivity index (χ0n) is 16.8. The van der Waals surface area contributed by atoms with Crippen molar-refractivity contribution >= 4 is 30.3 Å². The number of thioether (sulfide) groups is 1. The minimum atomic E-state index is -1.35. The highest BCUT2D eigenvalue weighted by Gasteiger charge is 2.52. The monoisotopic (exact) mass is 409 g/mol. The molecule has 0 aliphatic carbocycles. The number of carbonyl (C=O) groups is 1. The SMILES string of the molecule is CC1(C)OB(c2cnc(S[C@@H]3CCCN(C(=O)C(O)CO)C3)nc2)OC1(C)C. The smallest absolute Gasteiger partial charge is 0.399 e. The van der Waals surface area contributed by atoms with E-state index in [4.69, 9.17) is 14.4 Å². The summed E-state index contributed by atoms with van der Waals surface area (Å²) in [6.07, 6.45) is 3.87. The summed E-state index contributed by atoms with van der Waals surface area (Å²) in [5.41, 5.74) is -0.0560. The molecule has 0 saturated carbocycles. The highest BCUT2D eigenvalue weighted by molar-refractivity contribution is 7.99. The third kappa shape index (κ3) is 4.51. The van der Waals surface area contributed by atoms with Gasteiger partial charge in [-0.25, -0.2) is 9.97 Å². The Hall–Kier alpha value is -1.20. The van der Waals surface area contributed by atoms with E-state index in [2.05, 4.69) is 9.97 Å². The number of hydrogen-bond acceptors (Lipinski definition) is 8. The second kappa shape index (κ2) is 8.27. The summed E-state index contributed by atoms with van der Waals surface area (Å²) >= 11 is 1.51. The normalized spacial score (nSPS) is 25.0. The van der Waals surface area contributed by atoms with E-state index >= 15 is 0 Å². The first kappa shape index (κ1) is 21.5. The quantitative estimate of drug-likeness (QED) is 0.526. The Kier molecular flexibility index (Phi) is 6.36. The van der Waals surface area contributed by atoms with Crippen LogP contribution in [0, 0.1) is 0 Å². The number of aromatic nitrogens is 2. The highest BCUT2D eigenvalue weighted by Crippen LogP contribution is 2.36. The van der Waals surface area contributed by atoms with Crippen molar-refractivity contribution in [2.45, 2.75) is 68.2 Å². The van der Waals surface area contributed by atoms with E-state index < -0.39 is 36.9 Å². The molecular weight excluding hydrogens is 381 g/mol. The highest BCUT2D eigenvalue weighted by atomic mass is 32.2. The van der Waals surface area contributed by atoms with Crippen LogP contribution in [0.5, 0.6) is 0 Å². The molecule has 0 spiro atoms. The van der Waals surface area contributed by atoms with E-state index in [-0.39, 0.29) is 5.25 Å². The Bertz CT molecular complexity index is 687. The number of hydrogen-bond donors (Lipinski definition) is 2. The first-order valence-electron chi connectivity index (χ1n) is 9.55. The van der Waals surface area contributed by atoms with E-state index in [0.717, 1.165) is 18.3 Å². The Morgan fingerprint density at radius 3 is 2.50 bits per heavy atom. The standard InChI is InChI=1S/C18H28BN3O5S/c1-17(2)18(3,4)27-19(26-17)12-8-20-16(21-9-12)28-13-6-5-7-22(10-13)15(25)14(24)11-23/h8-9,13-14,23-24H,5-7,10-11H2,1-4H3/t13-,14?/m1/s1. The second-order valence-electron chi connectivity index (χ2n) is 8.25. The van der Waals surface area contributed by atoms with Crippen molar-refractivity contribution in [1.82, 2.24) is 14.9 Å². The van der Waals surface area contributed by atoms with Gasteiger partial charge in [-0.3, -0.25) is 4.79 Å². The summed E-state index contributed by atoms with van der Waals surface area (Å²) in [4.78, 5) is 22.5. The van der Waals surface area contributed by atoms with Gasteiger partial charge in [-0.15, -0.1) is 0 Å². The van der Waals surface area contributed by atoms with Crippen LogP contribution in [0.15, 0.2) is 17.6 Å². The molecule has 0 radical (unpaired) electrons. The van der Waals surface area contributed by atoms with Gasteiger partial charge in [-0.2, -0.15) is 0 Å². The van der Waals surface area contributed by atoms with E-state index in [9.17, 15) is 9.90 Å². The van der Waals surface area contributed by atoms with E-state index in [0.29, 0.717) is 18.2 Å². The van der Waals surface area contributed by atoms with Gasteiger partial charge in [0.25, 0.3) is 5.91 Å². The van der Waals surface area contributed by atoms with Crippen molar-refractivity contribution in [3.63, 3.8) is 0 Å². The minimum absolute atomic E-state index is 0.145. The maximum atomic E-state index is 12.1. The molecule has 10 heteroatoms. The lowest BCUT2D eigenvalue weighted by molar-refractivity contribution is -0.142. The second-order valence-corrected chi connectivity index (χ2v) is 9.52. The molecule has 28 heavy (non-hydrogen) atoms. The average Bonchev–Trinajstić information content (AvgIpc) is 2.88. The summed E-state index contributed by atoms with van der Waals surface area (Å²) < 4.78 is 12.0. The molecule has 2 aliphatic rings. The summed E-state index contributed by atoms with van der Waals surface area (Å²) in [5.74, 6) is -0.426. The number of aliphatic hydroxyl groups is 2. The van der Waals surface area contributed by atoms with Gasteiger partial charge in [0.15, 0.2) is 11.3 Å². The molecule has 1 unspecified atom stereocenters. The van der Waals surface area contributed by atoms with Crippen LogP contribution in [0.2, 0.25) is 0 Å². The summed E-state index contributed by atoms with van der Waals surface area (Å²) in [7, 11) is -0.494. The van der Waals surface area contributed by atoms with Crippen molar-refractivity contribution in [1.29, 1.82) is 0 Å². The largest absolute Gasteiger partial charge is 0.498 e. The summed E-state index contributed by atoms with van der Waals surface area (Å²) in [5, 5.41) is 19.3. The maximum absolute atomic E-state index is 12.1. The van der Waals surface area contributed by atoms with Crippen LogP contribution >= 0.6 is 11.8 Å². The molecule has 1 aromatic heterocycles. The molecule has 2 aliphatic heterocycles. The maximum Gasteiger partial charge on any atom is 0.498 e. The van der Waals surface area contributed by atoms with Crippen LogP contribution in [-0.4, -0.2) is 80.4 Å². The zero-order valence-corrected chi connectivity index (χ0v) is 17.6. The van der Waals surface area contributed by atoms with E-state index in [1.807, 2.05) is 27.7 Å². The lowest BCUT2D eigenvalue weighted by Crippen LogP contribution is -2.46. The Labute approximate surface area is 170 Å². The van der Waals surface area contributed by atoms with Crippen LogP contribution in [0.1, 0.15) is 40.5 Å². The molecule has 0 bridgehead atoms. The molecule has 2 atom stereocenters. The number of likely N-dealkylation sites (tertiary alicyclic amines) is 1. The first-order chi connectivity index (χ1) is 13.1. The summed E-state index contributed by atoms with van der Waals surface area (Å²) in [6, 6.07) is 0. The van der Waals surface area contributed by atoms with Crippen molar-refractivity contribution in [2.75, 3.05) is 19.7 Å². The van der Waals surface area contributed by atoms with Crippen LogP contribution in [0.3, 0.4) is 0 Å². The molecule has 1 aromatic rings. The predicted octanol–water partition coefficient (Wildman–Crippen LogP) is 0.212. The molecule has 2 fully saturated rings. The lowest BCUT2D eigenvalue weighted by Gasteiger charge is -2.33. The van der Waals surface area contributed by atoms with Gasteiger partial charge in [-0.05, 0) is 40.5 Å². The molecule has 2 N–H and O–H groups in total. The molecule has 0 aromatic carbocycles. The number of rotatable bonds is 5. The number of nitrogens with zero attached hydrogens (tertiary/aromatic N) is 3. The number of aliphatic hydroxyl groups excluding tert-OH is 2. The van der Waals surface area contributed by atoms with Crippen LogP contribution in [-0.2, 0) is 14.1 Å². The number of carbonyl (C=O) groups excluding carboxylic acids is 1. The third-order valence-corrected chi connectivity index (χ3v) is 6.73. The molecule has 1 amide bonds. The number of amides is 1. The lowest BCUT2D eigenvalue weighted by atomic mass is 9.81. The van der Waals surface area contributed by atoms with Gasteiger partial charge in [-0.1, -0.05) is 11.8 Å². The average molecular weight is 409 g/mol. The van der Waals surface area contributed by atoms with Crippen molar-refractivity contribution in [3.05, 3.63) is 12.4 Å². The van der Waals surface area contributed by atoms with Gasteiger partial charge in [0.05, 0.1) is 17.8 Å². The molecular formula is C18H28BN3O5S. The van der Waals surface area contributed by atoms with Gasteiger partial charge < -0.3 is 24.4 Å². The van der Waals surface area contributed by atoms with Gasteiger partial charge in [0.2, 0.25) is 0 Å². The molecule has 154 valence electrons. The predicted molar refractivity (Wildman–Crippen MR) is 106 cm³/mol. The topological polar surface area (TPSA) is 105 Å². The fraction of sp³-hybridized carbons (Fsp3) is 0.722. The van der Waals surface area contributed by atoms with Crippen LogP contribution in [0.4, 0.5) is 0 Å². The summed E-state index contributed by atoms with van der Waals surface area (Å²) in [6.45, 7) is 8.54. The van der Waals surface area contributed by atoms with Gasteiger partial charge in [0.1, 0.15) is 0 Å². The van der Waals surface area contributed by atoms with E-state index in [1.54, 1.807) is 17.3 Å². The minimum Gasteiger partial charge on any atom is -0.399 e. The van der Waals surface area contributed by atoms with E-state index in [1.165, 1.54) is 11.8 Å². The van der Waals surface area contributed by atoms with Crippen LogP contribution in [0.25, 0.3) is 0 Å². The van der Waals surface area contributed by atoms with Crippen molar-refractivity contribution in [2.24, 2.45) is 0 Å². The first-order valence-corrected chi connectivity index (χ1v) is 10.4. The van der Waals surface area contributed by atoms with Crippen LogP contribution < -0.4 is 5.46 Å². The van der Waals surface area contributed by atoms with Gasteiger partial charge in [0, 0.05) is 36.2 Å². The van der Waals surface area contributed by atoms with Crippen molar-refractivity contribution in [3.8, 4) is 0 Å². The Morgan fingerprint density at radius 1 is 1.32 bits per heavy atom. The molecule has 8 nitrogen and oxygen atoms in total. The molecule has 3 rings (SSSR count). The van der Waals surface area contributed by atoms with Gasteiger partial charge >= 0.3 is 7.12 Å². The third-order valence-electron chi connectivity index (χ3n) is 5.59. The Morgan fingerprint density at radius 2 is 1.93 bits per heavy atom. The molecule has 2 saturated heterocycles. The zero-order chi connectivity index (χ0) is 20.5. The fourth-order valence-corrected chi connectivity index (χ4v) is 4.22.